The summed E-state index contributed by atoms with van der Waals surface area (Å²) in [6, 6.07) is 21.3. The fourth-order valence-corrected chi connectivity index (χ4v) is 5.08. The third kappa shape index (κ3) is 4.63. The molecule has 1 aliphatic rings. The molecule has 0 atom stereocenters. The van der Waals surface area contributed by atoms with Crippen molar-refractivity contribution in [3.63, 3.8) is 0 Å². The van der Waals surface area contributed by atoms with Crippen LogP contribution in [0.25, 0.3) is 16.9 Å². The molecule has 0 bridgehead atoms. The minimum Gasteiger partial charge on any atom is -0.342 e. The lowest BCUT2D eigenvalue weighted by Crippen LogP contribution is -2.39. The summed E-state index contributed by atoms with van der Waals surface area (Å²) < 4.78 is 2.09. The van der Waals surface area contributed by atoms with Crippen LogP contribution in [0.1, 0.15) is 40.8 Å². The van der Waals surface area contributed by atoms with Crippen molar-refractivity contribution in [1.82, 2.24) is 14.3 Å². The van der Waals surface area contributed by atoms with E-state index in [1.165, 1.54) is 22.3 Å². The molecule has 174 valence electrons. The Morgan fingerprint density at radius 3 is 2.44 bits per heavy atom. The van der Waals surface area contributed by atoms with Crippen molar-refractivity contribution in [3.8, 4) is 11.3 Å². The van der Waals surface area contributed by atoms with Gasteiger partial charge >= 0.3 is 0 Å². The van der Waals surface area contributed by atoms with Gasteiger partial charge in [0.25, 0.3) is 0 Å². The summed E-state index contributed by atoms with van der Waals surface area (Å²) in [6.45, 7) is 8.01. The Labute approximate surface area is 202 Å². The van der Waals surface area contributed by atoms with Crippen LogP contribution in [-0.2, 0) is 17.6 Å². The number of imidazole rings is 1. The molecular weight excluding hydrogens is 418 g/mol. The number of nitrogens with zero attached hydrogens (tertiary/aromatic N) is 3. The Bertz CT molecular complexity index is 1310. The molecule has 2 aromatic heterocycles. The molecule has 0 spiro atoms. The monoisotopic (exact) mass is 451 g/mol. The second-order valence-electron chi connectivity index (χ2n) is 9.83. The number of benzene rings is 2. The molecular formula is C30H33N3O. The van der Waals surface area contributed by atoms with E-state index >= 15 is 0 Å². The van der Waals surface area contributed by atoms with Crippen molar-refractivity contribution in [2.24, 2.45) is 5.92 Å². The van der Waals surface area contributed by atoms with Gasteiger partial charge in [-0.15, -0.1) is 0 Å². The summed E-state index contributed by atoms with van der Waals surface area (Å²) in [5.41, 5.74) is 8.94. The maximum atomic E-state index is 13.4. The Kier molecular flexibility index (Phi) is 6.23. The summed E-state index contributed by atoms with van der Waals surface area (Å²) in [7, 11) is 0. The number of amides is 1. The first-order valence-corrected chi connectivity index (χ1v) is 12.3. The van der Waals surface area contributed by atoms with Gasteiger partial charge in [-0.1, -0.05) is 42.5 Å². The van der Waals surface area contributed by atoms with Crippen LogP contribution in [0, 0.1) is 26.7 Å². The van der Waals surface area contributed by atoms with E-state index in [2.05, 4.69) is 96.9 Å². The molecule has 5 rings (SSSR count). The number of fused-ring (bicyclic) bond motifs is 1. The summed E-state index contributed by atoms with van der Waals surface area (Å²) in [5, 5.41) is 0. The van der Waals surface area contributed by atoms with Crippen LogP contribution in [0.4, 0.5) is 0 Å². The quantitative estimate of drug-likeness (QED) is 0.376. The predicted octanol–water partition coefficient (Wildman–Crippen LogP) is 5.95. The van der Waals surface area contributed by atoms with Gasteiger partial charge in [0.05, 0.1) is 17.8 Å². The first kappa shape index (κ1) is 22.4. The Morgan fingerprint density at radius 1 is 0.941 bits per heavy atom. The van der Waals surface area contributed by atoms with Gasteiger partial charge in [0, 0.05) is 24.8 Å². The zero-order valence-electron chi connectivity index (χ0n) is 20.4. The van der Waals surface area contributed by atoms with Gasteiger partial charge in [-0.25, -0.2) is 4.98 Å². The first-order valence-electron chi connectivity index (χ1n) is 12.3. The largest absolute Gasteiger partial charge is 0.342 e. The Hall–Kier alpha value is -3.40. The summed E-state index contributed by atoms with van der Waals surface area (Å²) in [6.07, 6.45) is 5.66. The van der Waals surface area contributed by atoms with Gasteiger partial charge in [-0.3, -0.25) is 4.79 Å². The molecule has 0 radical (unpaired) electrons. The predicted molar refractivity (Wildman–Crippen MR) is 138 cm³/mol. The third-order valence-corrected chi connectivity index (χ3v) is 7.31. The van der Waals surface area contributed by atoms with Crippen molar-refractivity contribution < 1.29 is 4.79 Å². The Morgan fingerprint density at radius 2 is 1.71 bits per heavy atom. The van der Waals surface area contributed by atoms with E-state index in [-0.39, 0.29) is 5.91 Å². The topological polar surface area (TPSA) is 37.6 Å². The molecule has 3 heterocycles. The molecule has 1 saturated heterocycles. The molecule has 4 aromatic rings. The van der Waals surface area contributed by atoms with E-state index in [1.54, 1.807) is 0 Å². The fraction of sp³-hybridized carbons (Fsp3) is 0.333. The lowest BCUT2D eigenvalue weighted by atomic mass is 9.90. The molecule has 0 saturated carbocycles. The van der Waals surface area contributed by atoms with Gasteiger partial charge < -0.3 is 9.30 Å². The number of hydrogen-bond acceptors (Lipinski definition) is 2. The molecule has 0 aliphatic carbocycles. The van der Waals surface area contributed by atoms with Gasteiger partial charge in [0.15, 0.2) is 0 Å². The van der Waals surface area contributed by atoms with E-state index < -0.39 is 0 Å². The number of piperidine rings is 1. The smallest absolute Gasteiger partial charge is 0.228 e. The average Bonchev–Trinajstić information content (AvgIpc) is 3.19. The van der Waals surface area contributed by atoms with E-state index in [0.717, 1.165) is 55.0 Å². The highest BCUT2D eigenvalue weighted by Gasteiger charge is 2.25. The van der Waals surface area contributed by atoms with Crippen molar-refractivity contribution in [1.29, 1.82) is 0 Å². The van der Waals surface area contributed by atoms with Crippen LogP contribution < -0.4 is 0 Å². The number of hydrogen-bond donors (Lipinski definition) is 0. The molecule has 1 fully saturated rings. The molecule has 1 aliphatic heterocycles. The number of aryl methyl sites for hydroxylation is 3. The van der Waals surface area contributed by atoms with Gasteiger partial charge in [-0.2, -0.15) is 0 Å². The number of rotatable bonds is 5. The number of carbonyl (C=O) groups excluding carboxylic acids is 1. The lowest BCUT2D eigenvalue weighted by molar-refractivity contribution is -0.131. The van der Waals surface area contributed by atoms with E-state index in [0.29, 0.717) is 12.3 Å². The minimum atomic E-state index is 0.200. The number of aromatic nitrogens is 2. The normalized spacial score (nSPS) is 14.6. The zero-order valence-corrected chi connectivity index (χ0v) is 20.4. The molecule has 0 N–H and O–H groups in total. The van der Waals surface area contributed by atoms with Crippen molar-refractivity contribution in [2.75, 3.05) is 13.1 Å². The second-order valence-corrected chi connectivity index (χ2v) is 9.83. The van der Waals surface area contributed by atoms with Crippen LogP contribution in [0.15, 0.2) is 66.9 Å². The standard InChI is InChI=1S/C30H33N3O/c1-21-11-16-33-27(30(31-28(33)17-21)26-10-9-22(2)23(3)18-26)20-29(34)32-14-12-25(13-15-32)19-24-7-5-4-6-8-24/h4-11,16-18,25H,12-15,19-20H2,1-3H3. The van der Waals surface area contributed by atoms with Crippen molar-refractivity contribution in [3.05, 3.63) is 94.8 Å². The van der Waals surface area contributed by atoms with Gasteiger partial charge in [-0.05, 0) is 86.4 Å². The fourth-order valence-electron chi connectivity index (χ4n) is 5.08. The summed E-state index contributed by atoms with van der Waals surface area (Å²) in [4.78, 5) is 20.4. The average molecular weight is 452 g/mol. The molecule has 0 unspecified atom stereocenters. The van der Waals surface area contributed by atoms with Crippen molar-refractivity contribution >= 4 is 11.6 Å². The number of likely N-dealkylation sites (tertiary alicyclic amines) is 1. The SMILES string of the molecule is Cc1ccn2c(CC(=O)N3CCC(Cc4ccccc4)CC3)c(-c3ccc(C)c(C)c3)nc2c1. The highest BCUT2D eigenvalue weighted by atomic mass is 16.2. The maximum Gasteiger partial charge on any atom is 0.228 e. The van der Waals surface area contributed by atoms with Crippen LogP contribution in [0.5, 0.6) is 0 Å². The van der Waals surface area contributed by atoms with E-state index in [1.807, 2.05) is 0 Å². The van der Waals surface area contributed by atoms with Gasteiger partial charge in [0.2, 0.25) is 5.91 Å². The summed E-state index contributed by atoms with van der Waals surface area (Å²) in [5.74, 6) is 0.849. The first-order chi connectivity index (χ1) is 16.5. The zero-order chi connectivity index (χ0) is 23.7. The molecule has 1 amide bonds. The van der Waals surface area contributed by atoms with E-state index in [4.69, 9.17) is 4.98 Å². The van der Waals surface area contributed by atoms with Crippen molar-refractivity contribution in [2.45, 2.75) is 46.5 Å². The summed E-state index contributed by atoms with van der Waals surface area (Å²) >= 11 is 0. The van der Waals surface area contributed by atoms with Crippen LogP contribution in [0.2, 0.25) is 0 Å². The lowest BCUT2D eigenvalue weighted by Gasteiger charge is -2.32. The van der Waals surface area contributed by atoms with Crippen LogP contribution in [-0.4, -0.2) is 33.3 Å². The Balaban J connectivity index is 1.36. The second kappa shape index (κ2) is 9.46. The third-order valence-electron chi connectivity index (χ3n) is 7.31. The van der Waals surface area contributed by atoms with Crippen LogP contribution in [0.3, 0.4) is 0 Å². The number of carbonyl (C=O) groups is 1. The maximum absolute atomic E-state index is 13.4. The van der Waals surface area contributed by atoms with Gasteiger partial charge in [0.1, 0.15) is 5.65 Å². The molecule has 34 heavy (non-hydrogen) atoms. The highest BCUT2D eigenvalue weighted by Crippen LogP contribution is 2.28. The molecule has 2 aromatic carbocycles. The molecule has 4 nitrogen and oxygen atoms in total. The highest BCUT2D eigenvalue weighted by molar-refractivity contribution is 5.82. The molecule has 4 heteroatoms. The van der Waals surface area contributed by atoms with Crippen LogP contribution >= 0.6 is 0 Å². The minimum absolute atomic E-state index is 0.200. The number of pyridine rings is 1. The van der Waals surface area contributed by atoms with E-state index in [9.17, 15) is 4.79 Å².